The summed E-state index contributed by atoms with van der Waals surface area (Å²) in [5.41, 5.74) is 1.33. The molecule has 2 unspecified atom stereocenters. The number of hydrogen-bond donors (Lipinski definition) is 0. The van der Waals surface area contributed by atoms with E-state index in [2.05, 4.69) is 32.9 Å². The lowest BCUT2D eigenvalue weighted by molar-refractivity contribution is 0.228. The molecule has 110 valence electrons. The summed E-state index contributed by atoms with van der Waals surface area (Å²) in [4.78, 5) is 0. The van der Waals surface area contributed by atoms with Gasteiger partial charge in [-0.25, -0.2) is 0 Å². The maximum absolute atomic E-state index is 5.86. The molecule has 4 nitrogen and oxygen atoms in total. The van der Waals surface area contributed by atoms with Gasteiger partial charge in [-0.2, -0.15) is 0 Å². The molecule has 3 rings (SSSR count). The van der Waals surface area contributed by atoms with Gasteiger partial charge in [0.1, 0.15) is 25.4 Å². The Morgan fingerprint density at radius 1 is 1.00 bits per heavy atom. The van der Waals surface area contributed by atoms with Gasteiger partial charge in [0.2, 0.25) is 0 Å². The monoisotopic (exact) mass is 278 g/mol. The molecule has 2 aliphatic rings. The lowest BCUT2D eigenvalue weighted by Gasteiger charge is -2.21. The van der Waals surface area contributed by atoms with Crippen LogP contribution < -0.4 is 9.47 Å². The van der Waals surface area contributed by atoms with Crippen LogP contribution in [0.3, 0.4) is 0 Å². The molecule has 2 aliphatic heterocycles. The summed E-state index contributed by atoms with van der Waals surface area (Å²) in [5.74, 6) is 1.59. The fourth-order valence-corrected chi connectivity index (χ4v) is 1.90. The quantitative estimate of drug-likeness (QED) is 0.750. The predicted octanol–water partition coefficient (Wildman–Crippen LogP) is 2.54. The van der Waals surface area contributed by atoms with E-state index in [0.29, 0.717) is 13.2 Å². The lowest BCUT2D eigenvalue weighted by atomic mass is 9.87. The molecule has 4 heteroatoms. The molecule has 2 saturated heterocycles. The third-order valence-electron chi connectivity index (χ3n) is 3.46. The van der Waals surface area contributed by atoms with E-state index in [1.54, 1.807) is 0 Å². The molecule has 2 atom stereocenters. The Labute approximate surface area is 120 Å². The molecule has 0 amide bonds. The third-order valence-corrected chi connectivity index (χ3v) is 3.46. The zero-order valence-corrected chi connectivity index (χ0v) is 12.3. The second kappa shape index (κ2) is 5.26. The van der Waals surface area contributed by atoms with Crippen molar-refractivity contribution in [1.29, 1.82) is 0 Å². The van der Waals surface area contributed by atoms with E-state index < -0.39 is 0 Å². The number of hydrogen-bond acceptors (Lipinski definition) is 4. The average molecular weight is 278 g/mol. The maximum Gasteiger partial charge on any atom is 0.161 e. The first kappa shape index (κ1) is 13.7. The van der Waals surface area contributed by atoms with Gasteiger partial charge in [0.25, 0.3) is 0 Å². The van der Waals surface area contributed by atoms with Crippen LogP contribution in [0.5, 0.6) is 11.5 Å². The molecule has 0 aliphatic carbocycles. The fraction of sp³-hybridized carbons (Fsp3) is 0.625. The molecule has 20 heavy (non-hydrogen) atoms. The summed E-state index contributed by atoms with van der Waals surface area (Å²) < 4.78 is 22.0. The van der Waals surface area contributed by atoms with Gasteiger partial charge in [-0.15, -0.1) is 0 Å². The van der Waals surface area contributed by atoms with Gasteiger partial charge < -0.3 is 18.9 Å². The third kappa shape index (κ3) is 3.64. The van der Waals surface area contributed by atoms with Crippen molar-refractivity contribution in [3.8, 4) is 11.5 Å². The molecule has 0 aromatic heterocycles. The molecule has 2 fully saturated rings. The van der Waals surface area contributed by atoms with E-state index >= 15 is 0 Å². The maximum atomic E-state index is 5.86. The van der Waals surface area contributed by atoms with Gasteiger partial charge >= 0.3 is 0 Å². The Kier molecular flexibility index (Phi) is 3.61. The van der Waals surface area contributed by atoms with Gasteiger partial charge in [-0.05, 0) is 23.1 Å². The van der Waals surface area contributed by atoms with Gasteiger partial charge in [0.05, 0.1) is 13.2 Å². The van der Waals surface area contributed by atoms with Crippen molar-refractivity contribution in [3.63, 3.8) is 0 Å². The molecular formula is C16H22O4. The van der Waals surface area contributed by atoms with Crippen LogP contribution in [0.4, 0.5) is 0 Å². The molecule has 2 heterocycles. The molecule has 0 bridgehead atoms. The van der Waals surface area contributed by atoms with Crippen LogP contribution >= 0.6 is 0 Å². The number of ether oxygens (including phenoxy) is 4. The first-order valence-corrected chi connectivity index (χ1v) is 7.16. The second-order valence-electron chi connectivity index (χ2n) is 6.44. The molecule has 0 saturated carbocycles. The van der Waals surface area contributed by atoms with Crippen LogP contribution in [0.2, 0.25) is 0 Å². The van der Waals surface area contributed by atoms with Crippen molar-refractivity contribution in [2.75, 3.05) is 26.4 Å². The summed E-state index contributed by atoms with van der Waals surface area (Å²) in [7, 11) is 0. The van der Waals surface area contributed by atoms with Gasteiger partial charge in [-0.1, -0.05) is 26.8 Å². The second-order valence-corrected chi connectivity index (χ2v) is 6.44. The Hall–Kier alpha value is -1.26. The molecule has 0 spiro atoms. The minimum absolute atomic E-state index is 0.0896. The minimum Gasteiger partial charge on any atom is -0.487 e. The Morgan fingerprint density at radius 3 is 2.05 bits per heavy atom. The van der Waals surface area contributed by atoms with Crippen molar-refractivity contribution in [1.82, 2.24) is 0 Å². The predicted molar refractivity (Wildman–Crippen MR) is 75.6 cm³/mol. The molecule has 1 aromatic carbocycles. The topological polar surface area (TPSA) is 43.5 Å². The molecule has 0 radical (unpaired) electrons. The number of epoxide rings is 2. The largest absolute Gasteiger partial charge is 0.487 e. The van der Waals surface area contributed by atoms with Crippen LogP contribution in [0, 0.1) is 0 Å². The summed E-state index contributed by atoms with van der Waals surface area (Å²) in [6.45, 7) is 9.34. The van der Waals surface area contributed by atoms with E-state index in [-0.39, 0.29) is 17.6 Å². The van der Waals surface area contributed by atoms with Crippen LogP contribution in [-0.2, 0) is 14.9 Å². The van der Waals surface area contributed by atoms with Crippen molar-refractivity contribution in [2.24, 2.45) is 0 Å². The SMILES string of the molecule is CC(C)(C)c1ccc(OCC2CO2)c(OCC2CO2)c1. The lowest BCUT2D eigenvalue weighted by Crippen LogP contribution is -2.13. The summed E-state index contributed by atoms with van der Waals surface area (Å²) in [5, 5.41) is 0. The minimum atomic E-state index is 0.0896. The Morgan fingerprint density at radius 2 is 1.55 bits per heavy atom. The van der Waals surface area contributed by atoms with E-state index in [0.717, 1.165) is 24.7 Å². The molecule has 1 aromatic rings. The van der Waals surface area contributed by atoms with Crippen molar-refractivity contribution in [3.05, 3.63) is 23.8 Å². The standard InChI is InChI=1S/C16H22O4/c1-16(2,3)11-4-5-14(19-9-12-7-17-12)15(6-11)20-10-13-8-18-13/h4-6,12-13H,7-10H2,1-3H3. The summed E-state index contributed by atoms with van der Waals surface area (Å²) in [6, 6.07) is 6.17. The first-order valence-electron chi connectivity index (χ1n) is 7.16. The van der Waals surface area contributed by atoms with Crippen LogP contribution in [-0.4, -0.2) is 38.6 Å². The number of benzene rings is 1. The Balaban J connectivity index is 1.74. The zero-order valence-electron chi connectivity index (χ0n) is 12.3. The number of rotatable bonds is 6. The van der Waals surface area contributed by atoms with Crippen LogP contribution in [0.25, 0.3) is 0 Å². The summed E-state index contributed by atoms with van der Waals surface area (Å²) in [6.07, 6.45) is 0.491. The van der Waals surface area contributed by atoms with Gasteiger partial charge in [-0.3, -0.25) is 0 Å². The molecular weight excluding hydrogens is 256 g/mol. The first-order chi connectivity index (χ1) is 9.52. The fourth-order valence-electron chi connectivity index (χ4n) is 1.90. The van der Waals surface area contributed by atoms with E-state index in [1.165, 1.54) is 5.56 Å². The van der Waals surface area contributed by atoms with E-state index in [9.17, 15) is 0 Å². The van der Waals surface area contributed by atoms with Crippen molar-refractivity contribution < 1.29 is 18.9 Å². The smallest absolute Gasteiger partial charge is 0.161 e. The molecule has 0 N–H and O–H groups in total. The zero-order chi connectivity index (χ0) is 14.2. The van der Waals surface area contributed by atoms with Crippen LogP contribution in [0.15, 0.2) is 18.2 Å². The van der Waals surface area contributed by atoms with E-state index in [1.807, 2.05) is 6.07 Å². The summed E-state index contributed by atoms with van der Waals surface area (Å²) >= 11 is 0. The van der Waals surface area contributed by atoms with Crippen molar-refractivity contribution in [2.45, 2.75) is 38.4 Å². The highest BCUT2D eigenvalue weighted by Crippen LogP contribution is 2.34. The van der Waals surface area contributed by atoms with Crippen molar-refractivity contribution >= 4 is 0 Å². The normalized spacial score (nSPS) is 24.4. The van der Waals surface area contributed by atoms with E-state index in [4.69, 9.17) is 18.9 Å². The highest BCUT2D eigenvalue weighted by atomic mass is 16.6. The Bertz CT molecular complexity index is 470. The highest BCUT2D eigenvalue weighted by Gasteiger charge is 2.26. The van der Waals surface area contributed by atoms with Crippen LogP contribution in [0.1, 0.15) is 26.3 Å². The average Bonchev–Trinajstić information content (AvgIpc) is 3.26. The van der Waals surface area contributed by atoms with Gasteiger partial charge in [0.15, 0.2) is 11.5 Å². The van der Waals surface area contributed by atoms with Gasteiger partial charge in [0, 0.05) is 0 Å². The highest BCUT2D eigenvalue weighted by molar-refractivity contribution is 5.45.